The summed E-state index contributed by atoms with van der Waals surface area (Å²) in [5.41, 5.74) is 2.41. The van der Waals surface area contributed by atoms with Crippen molar-refractivity contribution in [3.63, 3.8) is 0 Å². The average molecular weight is 386 g/mol. The number of hydrogen-bond donors (Lipinski definition) is 0. The van der Waals surface area contributed by atoms with Gasteiger partial charge in [-0.2, -0.15) is 0 Å². The third kappa shape index (κ3) is 4.36. The third-order valence-electron chi connectivity index (χ3n) is 3.87. The molecule has 3 rings (SSSR count). The number of rotatable bonds is 6. The van der Waals surface area contributed by atoms with Crippen LogP contribution in [0.3, 0.4) is 0 Å². The van der Waals surface area contributed by atoms with E-state index in [9.17, 15) is 9.59 Å². The Morgan fingerprint density at radius 1 is 1.15 bits per heavy atom. The summed E-state index contributed by atoms with van der Waals surface area (Å²) in [4.78, 5) is 31.2. The van der Waals surface area contributed by atoms with Gasteiger partial charge in [0.05, 0.1) is 4.88 Å². The van der Waals surface area contributed by atoms with Crippen molar-refractivity contribution in [3.05, 3.63) is 64.0 Å². The Bertz CT molecular complexity index is 903. The standard InChI is InChI=1S/C19H18N2O3S2/c1-13-6-3-4-7-14(13)10-21(2)17(22)11-24-19(23)15-12-26-18(20-15)16-8-5-9-25-16/h3-9,12H,10-11H2,1-2H3. The molecule has 2 heterocycles. The Morgan fingerprint density at radius 2 is 1.96 bits per heavy atom. The first-order valence-corrected chi connectivity index (χ1v) is 9.75. The lowest BCUT2D eigenvalue weighted by Crippen LogP contribution is -2.31. The molecule has 0 atom stereocenters. The summed E-state index contributed by atoms with van der Waals surface area (Å²) < 4.78 is 5.13. The molecule has 1 amide bonds. The maximum Gasteiger partial charge on any atom is 0.358 e. The largest absolute Gasteiger partial charge is 0.451 e. The lowest BCUT2D eigenvalue weighted by Gasteiger charge is -2.18. The smallest absolute Gasteiger partial charge is 0.358 e. The van der Waals surface area contributed by atoms with Crippen molar-refractivity contribution in [1.29, 1.82) is 0 Å². The van der Waals surface area contributed by atoms with Crippen LogP contribution >= 0.6 is 22.7 Å². The van der Waals surface area contributed by atoms with Gasteiger partial charge in [0.25, 0.3) is 5.91 Å². The van der Waals surface area contributed by atoms with Gasteiger partial charge in [0.1, 0.15) is 5.01 Å². The van der Waals surface area contributed by atoms with Crippen LogP contribution in [0.5, 0.6) is 0 Å². The second-order valence-corrected chi connectivity index (χ2v) is 7.57. The molecule has 0 aliphatic heterocycles. The Balaban J connectivity index is 1.54. The van der Waals surface area contributed by atoms with Crippen LogP contribution in [0.15, 0.2) is 47.2 Å². The minimum absolute atomic E-state index is 0.229. The van der Waals surface area contributed by atoms with Gasteiger partial charge in [0.15, 0.2) is 12.3 Å². The highest BCUT2D eigenvalue weighted by molar-refractivity contribution is 7.20. The van der Waals surface area contributed by atoms with Gasteiger partial charge >= 0.3 is 5.97 Å². The number of carbonyl (C=O) groups excluding carboxylic acids is 2. The number of aryl methyl sites for hydroxylation is 1. The minimum Gasteiger partial charge on any atom is -0.451 e. The number of thiazole rings is 1. The first-order chi connectivity index (χ1) is 12.5. The molecule has 1 aromatic carbocycles. The molecule has 0 aliphatic carbocycles. The summed E-state index contributed by atoms with van der Waals surface area (Å²) in [6, 6.07) is 11.8. The van der Waals surface area contributed by atoms with E-state index in [-0.39, 0.29) is 18.2 Å². The summed E-state index contributed by atoms with van der Waals surface area (Å²) in [5, 5.41) is 4.38. The molecule has 0 saturated heterocycles. The van der Waals surface area contributed by atoms with Crippen molar-refractivity contribution < 1.29 is 14.3 Å². The topological polar surface area (TPSA) is 59.5 Å². The van der Waals surface area contributed by atoms with Crippen LogP contribution in [-0.2, 0) is 16.1 Å². The molecule has 0 bridgehead atoms. The van der Waals surface area contributed by atoms with Crippen LogP contribution in [0.4, 0.5) is 0 Å². The second-order valence-electron chi connectivity index (χ2n) is 5.77. The van der Waals surface area contributed by atoms with Crippen LogP contribution in [0.25, 0.3) is 9.88 Å². The first-order valence-electron chi connectivity index (χ1n) is 7.99. The number of carbonyl (C=O) groups is 2. The summed E-state index contributed by atoms with van der Waals surface area (Å²) in [7, 11) is 1.69. The fraction of sp³-hybridized carbons (Fsp3) is 0.211. The molecule has 134 valence electrons. The molecule has 0 aliphatic rings. The van der Waals surface area contributed by atoms with Gasteiger partial charge in [-0.25, -0.2) is 9.78 Å². The summed E-state index contributed by atoms with van der Waals surface area (Å²) in [6.07, 6.45) is 0. The molecule has 7 heteroatoms. The normalized spacial score (nSPS) is 10.5. The van der Waals surface area contributed by atoms with Crippen LogP contribution in [0, 0.1) is 6.92 Å². The van der Waals surface area contributed by atoms with Crippen molar-refractivity contribution >= 4 is 34.6 Å². The number of aromatic nitrogens is 1. The zero-order chi connectivity index (χ0) is 18.5. The van der Waals surface area contributed by atoms with E-state index in [1.807, 2.05) is 48.7 Å². The zero-order valence-corrected chi connectivity index (χ0v) is 16.1. The second kappa shape index (κ2) is 8.25. The van der Waals surface area contributed by atoms with Gasteiger partial charge in [-0.15, -0.1) is 22.7 Å². The highest BCUT2D eigenvalue weighted by Gasteiger charge is 2.17. The molecule has 26 heavy (non-hydrogen) atoms. The molecule has 0 fully saturated rings. The number of thiophene rings is 1. The molecule has 0 spiro atoms. The van der Waals surface area contributed by atoms with Crippen molar-refractivity contribution in [1.82, 2.24) is 9.88 Å². The molecule has 0 radical (unpaired) electrons. The molecule has 2 aromatic heterocycles. The van der Waals surface area contributed by atoms with Crippen molar-refractivity contribution in [3.8, 4) is 9.88 Å². The van der Waals surface area contributed by atoms with E-state index >= 15 is 0 Å². The predicted molar refractivity (Wildman–Crippen MR) is 103 cm³/mol. The number of ether oxygens (including phenoxy) is 1. The molecule has 0 unspecified atom stereocenters. The number of likely N-dealkylation sites (N-methyl/N-ethyl adjacent to an activating group) is 1. The summed E-state index contributed by atoms with van der Waals surface area (Å²) in [6.45, 7) is 2.18. The Labute approximate surface area is 159 Å². The van der Waals surface area contributed by atoms with Crippen LogP contribution in [0.1, 0.15) is 21.6 Å². The van der Waals surface area contributed by atoms with Gasteiger partial charge in [0.2, 0.25) is 0 Å². The highest BCUT2D eigenvalue weighted by Crippen LogP contribution is 2.27. The third-order valence-corrected chi connectivity index (χ3v) is 5.75. The van der Waals surface area contributed by atoms with Gasteiger partial charge in [-0.1, -0.05) is 30.3 Å². The van der Waals surface area contributed by atoms with E-state index in [4.69, 9.17) is 4.74 Å². The van der Waals surface area contributed by atoms with E-state index < -0.39 is 5.97 Å². The van der Waals surface area contributed by atoms with Crippen LogP contribution < -0.4 is 0 Å². The average Bonchev–Trinajstić information content (AvgIpc) is 3.32. The fourth-order valence-corrected chi connectivity index (χ4v) is 3.93. The first kappa shape index (κ1) is 18.3. The molecule has 3 aromatic rings. The monoisotopic (exact) mass is 386 g/mol. The number of hydrogen-bond acceptors (Lipinski definition) is 6. The van der Waals surface area contributed by atoms with Gasteiger partial charge in [0, 0.05) is 19.0 Å². The SMILES string of the molecule is Cc1ccccc1CN(C)C(=O)COC(=O)c1csc(-c2cccs2)n1. The molecule has 0 N–H and O–H groups in total. The lowest BCUT2D eigenvalue weighted by molar-refractivity contribution is -0.133. The van der Waals surface area contributed by atoms with E-state index in [0.29, 0.717) is 6.54 Å². The Kier molecular flexibility index (Phi) is 5.80. The number of benzene rings is 1. The molecular formula is C19H18N2O3S2. The Hall–Kier alpha value is -2.51. The van der Waals surface area contributed by atoms with Crippen LogP contribution in [0.2, 0.25) is 0 Å². The lowest BCUT2D eigenvalue weighted by atomic mass is 10.1. The van der Waals surface area contributed by atoms with Crippen LogP contribution in [-0.4, -0.2) is 35.4 Å². The zero-order valence-electron chi connectivity index (χ0n) is 14.5. The number of amides is 1. The quantitative estimate of drug-likeness (QED) is 0.601. The highest BCUT2D eigenvalue weighted by atomic mass is 32.1. The minimum atomic E-state index is -0.582. The Morgan fingerprint density at radius 3 is 2.69 bits per heavy atom. The van der Waals surface area contributed by atoms with E-state index in [0.717, 1.165) is 21.0 Å². The van der Waals surface area contributed by atoms with Crippen molar-refractivity contribution in [2.24, 2.45) is 0 Å². The fourth-order valence-electron chi connectivity index (χ4n) is 2.32. The van der Waals surface area contributed by atoms with E-state index in [1.54, 1.807) is 28.7 Å². The molecule has 5 nitrogen and oxygen atoms in total. The van der Waals surface area contributed by atoms with Gasteiger partial charge in [-0.05, 0) is 29.5 Å². The van der Waals surface area contributed by atoms with Crippen molar-refractivity contribution in [2.75, 3.05) is 13.7 Å². The van der Waals surface area contributed by atoms with Gasteiger partial charge < -0.3 is 9.64 Å². The predicted octanol–water partition coefficient (Wildman–Crippen LogP) is 4.00. The summed E-state index contributed by atoms with van der Waals surface area (Å²) >= 11 is 2.94. The number of esters is 1. The molecular weight excluding hydrogens is 368 g/mol. The summed E-state index contributed by atoms with van der Waals surface area (Å²) in [5.74, 6) is -0.836. The van der Waals surface area contributed by atoms with Crippen molar-refractivity contribution in [2.45, 2.75) is 13.5 Å². The van der Waals surface area contributed by atoms with Gasteiger partial charge in [-0.3, -0.25) is 4.79 Å². The van der Waals surface area contributed by atoms with E-state index in [1.165, 1.54) is 11.3 Å². The number of nitrogens with zero attached hydrogens (tertiary/aromatic N) is 2. The maximum atomic E-state index is 12.2. The molecule has 0 saturated carbocycles. The van der Waals surface area contributed by atoms with E-state index in [2.05, 4.69) is 4.98 Å². The maximum absolute atomic E-state index is 12.2.